The number of rotatable bonds is 7. The molecule has 0 aliphatic heterocycles. The maximum atomic E-state index is 9.48. The summed E-state index contributed by atoms with van der Waals surface area (Å²) in [4.78, 5) is 0. The van der Waals surface area contributed by atoms with Gasteiger partial charge < -0.3 is 0 Å². The summed E-state index contributed by atoms with van der Waals surface area (Å²) in [5.74, 6) is 0.840. The molecule has 3 heteroatoms. The van der Waals surface area contributed by atoms with E-state index >= 15 is 0 Å². The molecule has 1 radical (unpaired) electrons. The molecule has 0 aromatic carbocycles. The van der Waals surface area contributed by atoms with Crippen molar-refractivity contribution in [1.82, 2.24) is 0 Å². The van der Waals surface area contributed by atoms with E-state index in [1.807, 2.05) is 0 Å². The average Bonchev–Trinajstić information content (AvgIpc) is 1.97. The Balaban J connectivity index is 2.65. The van der Waals surface area contributed by atoms with E-state index in [1.165, 1.54) is 25.7 Å². The Morgan fingerprint density at radius 2 is 1.90 bits per heavy atom. The highest BCUT2D eigenvalue weighted by Crippen LogP contribution is 2.08. The molecule has 10 heavy (non-hydrogen) atoms. The first-order valence-corrected chi connectivity index (χ1v) is 4.74. The van der Waals surface area contributed by atoms with Crippen molar-refractivity contribution in [2.45, 2.75) is 39.0 Å². The fraction of sp³-hybridized carbons (Fsp3) is 1.00. The van der Waals surface area contributed by atoms with Gasteiger partial charge in [-0.2, -0.15) is 0 Å². The fourth-order valence-corrected chi connectivity index (χ4v) is 1.19. The van der Waals surface area contributed by atoms with Gasteiger partial charge in [-0.05, 0) is 11.7 Å². The molecule has 61 valence electrons. The normalized spacial score (nSPS) is 10.2. The molecule has 0 aromatic rings. The molecule has 0 aromatic heterocycles. The molecular weight excluding hydrogens is 148 g/mol. The first-order chi connectivity index (χ1) is 4.91. The standard InChI is InChI=1S/C7H15O2S/c1-2-3-4-5-6-7-10-9-8/h2-7H2,1H3. The van der Waals surface area contributed by atoms with Crippen LogP contribution in [0, 0.1) is 0 Å². The van der Waals surface area contributed by atoms with Gasteiger partial charge in [-0.15, -0.1) is 4.33 Å². The molecule has 0 spiro atoms. The second kappa shape index (κ2) is 9.27. The van der Waals surface area contributed by atoms with Crippen molar-refractivity contribution in [3.63, 3.8) is 0 Å². The first kappa shape index (κ1) is 10.3. The Hall–Kier alpha value is 0.270. The van der Waals surface area contributed by atoms with Gasteiger partial charge in [-0.3, -0.25) is 0 Å². The molecule has 0 unspecified atom stereocenters. The molecule has 0 saturated heterocycles. The van der Waals surface area contributed by atoms with E-state index in [0.29, 0.717) is 0 Å². The van der Waals surface area contributed by atoms with Crippen LogP contribution >= 0.6 is 12.0 Å². The number of hydrogen-bond acceptors (Lipinski definition) is 2. The van der Waals surface area contributed by atoms with Crippen LogP contribution in [0.15, 0.2) is 0 Å². The summed E-state index contributed by atoms with van der Waals surface area (Å²) in [6.45, 7) is 2.19. The quantitative estimate of drug-likeness (QED) is 0.250. The van der Waals surface area contributed by atoms with Crippen LogP contribution in [0.1, 0.15) is 39.0 Å². The summed E-state index contributed by atoms with van der Waals surface area (Å²) in [5.41, 5.74) is 0. The molecule has 0 saturated carbocycles. The van der Waals surface area contributed by atoms with Gasteiger partial charge in [0.25, 0.3) is 0 Å². The van der Waals surface area contributed by atoms with E-state index in [1.54, 1.807) is 0 Å². The zero-order valence-electron chi connectivity index (χ0n) is 6.47. The van der Waals surface area contributed by atoms with E-state index in [2.05, 4.69) is 11.3 Å². The zero-order valence-corrected chi connectivity index (χ0v) is 7.28. The predicted octanol–water partition coefficient (Wildman–Crippen LogP) is 2.97. The van der Waals surface area contributed by atoms with Crippen LogP contribution in [0.2, 0.25) is 0 Å². The van der Waals surface area contributed by atoms with Crippen LogP contribution in [-0.4, -0.2) is 5.75 Å². The molecule has 2 nitrogen and oxygen atoms in total. The molecule has 0 heterocycles. The topological polar surface area (TPSA) is 29.1 Å². The zero-order chi connectivity index (χ0) is 7.66. The highest BCUT2D eigenvalue weighted by atomic mass is 32.2. The van der Waals surface area contributed by atoms with E-state index in [9.17, 15) is 5.26 Å². The monoisotopic (exact) mass is 163 g/mol. The summed E-state index contributed by atoms with van der Waals surface area (Å²) >= 11 is 1.01. The van der Waals surface area contributed by atoms with Gasteiger partial charge in [0.05, 0.1) is 0 Å². The van der Waals surface area contributed by atoms with Gasteiger partial charge in [0.1, 0.15) is 0 Å². The first-order valence-electron chi connectivity index (χ1n) is 3.83. The Morgan fingerprint density at radius 1 is 1.20 bits per heavy atom. The third kappa shape index (κ3) is 8.27. The van der Waals surface area contributed by atoms with Crippen molar-refractivity contribution in [2.75, 3.05) is 5.75 Å². The predicted molar refractivity (Wildman–Crippen MR) is 43.0 cm³/mol. The largest absolute Gasteiger partial charge is 0.130 e. The SMILES string of the molecule is CCCCCCCSO[O]. The van der Waals surface area contributed by atoms with Crippen LogP contribution in [0.4, 0.5) is 0 Å². The van der Waals surface area contributed by atoms with Gasteiger partial charge in [0.2, 0.25) is 0 Å². The van der Waals surface area contributed by atoms with Crippen LogP contribution in [-0.2, 0) is 9.59 Å². The Kier molecular flexibility index (Phi) is 9.52. The van der Waals surface area contributed by atoms with Gasteiger partial charge in [-0.1, -0.05) is 32.6 Å². The third-order valence-electron chi connectivity index (χ3n) is 1.38. The Morgan fingerprint density at radius 3 is 2.50 bits per heavy atom. The molecule has 0 atom stereocenters. The van der Waals surface area contributed by atoms with Crippen molar-refractivity contribution < 1.29 is 9.59 Å². The van der Waals surface area contributed by atoms with Crippen molar-refractivity contribution in [3.05, 3.63) is 0 Å². The van der Waals surface area contributed by atoms with Crippen LogP contribution in [0.25, 0.3) is 0 Å². The molecule has 0 aliphatic carbocycles. The summed E-state index contributed by atoms with van der Waals surface area (Å²) in [5, 5.41) is 9.48. The van der Waals surface area contributed by atoms with E-state index in [-0.39, 0.29) is 0 Å². The maximum Gasteiger partial charge on any atom is 0.0347 e. The molecular formula is C7H15O2S. The summed E-state index contributed by atoms with van der Waals surface area (Å²) < 4.78 is 3.62. The minimum absolute atomic E-state index is 0.840. The minimum Gasteiger partial charge on any atom is -0.130 e. The lowest BCUT2D eigenvalue weighted by Crippen LogP contribution is -1.81. The number of hydrogen-bond donors (Lipinski definition) is 0. The number of unbranched alkanes of at least 4 members (excludes halogenated alkanes) is 4. The minimum atomic E-state index is 0.840. The molecule has 0 rings (SSSR count). The second-order valence-electron chi connectivity index (χ2n) is 2.30. The van der Waals surface area contributed by atoms with Gasteiger partial charge in [-0.25, -0.2) is 0 Å². The van der Waals surface area contributed by atoms with Crippen LogP contribution < -0.4 is 0 Å². The molecule has 0 fully saturated rings. The van der Waals surface area contributed by atoms with Crippen LogP contribution in [0.3, 0.4) is 0 Å². The smallest absolute Gasteiger partial charge is 0.0347 e. The lowest BCUT2D eigenvalue weighted by molar-refractivity contribution is -0.190. The highest BCUT2D eigenvalue weighted by molar-refractivity contribution is 7.94. The van der Waals surface area contributed by atoms with Gasteiger partial charge in [0, 0.05) is 17.8 Å². The van der Waals surface area contributed by atoms with Crippen molar-refractivity contribution in [1.29, 1.82) is 0 Å². The second-order valence-corrected chi connectivity index (χ2v) is 3.08. The fourth-order valence-electron chi connectivity index (χ4n) is 0.799. The molecule has 0 bridgehead atoms. The average molecular weight is 163 g/mol. The Labute approximate surface area is 67.1 Å². The summed E-state index contributed by atoms with van der Waals surface area (Å²) in [6.07, 6.45) is 6.20. The summed E-state index contributed by atoms with van der Waals surface area (Å²) in [6, 6.07) is 0. The Bertz CT molecular complexity index is 51.6. The van der Waals surface area contributed by atoms with Gasteiger partial charge >= 0.3 is 0 Å². The maximum absolute atomic E-state index is 9.48. The summed E-state index contributed by atoms with van der Waals surface area (Å²) in [7, 11) is 0. The lowest BCUT2D eigenvalue weighted by Gasteiger charge is -1.95. The van der Waals surface area contributed by atoms with Crippen molar-refractivity contribution in [3.8, 4) is 0 Å². The lowest BCUT2D eigenvalue weighted by atomic mass is 10.2. The molecule has 0 amide bonds. The van der Waals surface area contributed by atoms with E-state index < -0.39 is 0 Å². The van der Waals surface area contributed by atoms with Crippen molar-refractivity contribution >= 4 is 12.0 Å². The third-order valence-corrected chi connectivity index (χ3v) is 1.93. The van der Waals surface area contributed by atoms with E-state index in [0.717, 1.165) is 24.2 Å². The highest BCUT2D eigenvalue weighted by Gasteiger charge is 1.89. The van der Waals surface area contributed by atoms with E-state index in [4.69, 9.17) is 0 Å². The van der Waals surface area contributed by atoms with Crippen molar-refractivity contribution in [2.24, 2.45) is 0 Å². The molecule has 0 aliphatic rings. The van der Waals surface area contributed by atoms with Crippen LogP contribution in [0.5, 0.6) is 0 Å². The van der Waals surface area contributed by atoms with Gasteiger partial charge in [0.15, 0.2) is 0 Å². The molecule has 0 N–H and O–H groups in total.